The molecule has 2 aliphatic rings. The number of ether oxygens (including phenoxy) is 2. The summed E-state index contributed by atoms with van der Waals surface area (Å²) in [4.78, 5) is 12.1. The van der Waals surface area contributed by atoms with Crippen molar-refractivity contribution < 1.29 is 14.3 Å². The molecule has 3 nitrogen and oxygen atoms in total. The number of benzene rings is 1. The molecule has 1 aromatic carbocycles. The molecular weight excluding hydrogens is 204 g/mol. The van der Waals surface area contributed by atoms with Crippen molar-refractivity contribution >= 4 is 5.78 Å². The van der Waals surface area contributed by atoms with Gasteiger partial charge in [-0.15, -0.1) is 0 Å². The van der Waals surface area contributed by atoms with Crippen molar-refractivity contribution in [2.75, 3.05) is 7.11 Å². The van der Waals surface area contributed by atoms with Crippen LogP contribution in [0.1, 0.15) is 28.8 Å². The average molecular weight is 218 g/mol. The van der Waals surface area contributed by atoms with E-state index in [0.717, 1.165) is 29.7 Å². The standard InChI is InChI=1S/C13H14O3/c1-15-10-4-5-11-9(6-10)7-16-13(12(11)14)8-2-3-8/h4-6,8,13H,2-3,7H2,1H3. The van der Waals surface area contributed by atoms with Gasteiger partial charge in [-0.25, -0.2) is 0 Å². The lowest BCUT2D eigenvalue weighted by atomic mass is 9.95. The Kier molecular flexibility index (Phi) is 2.21. The summed E-state index contributed by atoms with van der Waals surface area (Å²) < 4.78 is 10.8. The van der Waals surface area contributed by atoms with Crippen LogP contribution in [0.2, 0.25) is 0 Å². The molecule has 3 rings (SSSR count). The van der Waals surface area contributed by atoms with Crippen LogP contribution in [0.15, 0.2) is 18.2 Å². The molecule has 1 heterocycles. The fourth-order valence-corrected chi connectivity index (χ4v) is 2.21. The second-order valence-corrected chi connectivity index (χ2v) is 4.46. The summed E-state index contributed by atoms with van der Waals surface area (Å²) in [5.41, 5.74) is 1.75. The quantitative estimate of drug-likeness (QED) is 0.763. The lowest BCUT2D eigenvalue weighted by molar-refractivity contribution is 0.0174. The van der Waals surface area contributed by atoms with Gasteiger partial charge in [0.2, 0.25) is 0 Å². The topological polar surface area (TPSA) is 35.5 Å². The second kappa shape index (κ2) is 3.59. The number of rotatable bonds is 2. The van der Waals surface area contributed by atoms with Crippen LogP contribution in [0.25, 0.3) is 0 Å². The first-order chi connectivity index (χ1) is 7.79. The molecule has 84 valence electrons. The summed E-state index contributed by atoms with van der Waals surface area (Å²) in [6, 6.07) is 5.58. The van der Waals surface area contributed by atoms with E-state index in [-0.39, 0.29) is 11.9 Å². The first-order valence-electron chi connectivity index (χ1n) is 5.62. The van der Waals surface area contributed by atoms with Gasteiger partial charge in [-0.3, -0.25) is 4.79 Å². The first-order valence-corrected chi connectivity index (χ1v) is 5.62. The van der Waals surface area contributed by atoms with Gasteiger partial charge in [0, 0.05) is 5.56 Å². The minimum atomic E-state index is -0.194. The van der Waals surface area contributed by atoms with E-state index >= 15 is 0 Å². The number of methoxy groups -OCH3 is 1. The maximum absolute atomic E-state index is 12.1. The Hall–Kier alpha value is -1.35. The molecule has 0 amide bonds. The Bertz CT molecular complexity index is 435. The van der Waals surface area contributed by atoms with Crippen molar-refractivity contribution in [1.82, 2.24) is 0 Å². The van der Waals surface area contributed by atoms with E-state index in [1.807, 2.05) is 18.2 Å². The van der Waals surface area contributed by atoms with Gasteiger partial charge in [0.25, 0.3) is 0 Å². The highest BCUT2D eigenvalue weighted by molar-refractivity contribution is 6.02. The zero-order chi connectivity index (χ0) is 11.1. The Balaban J connectivity index is 1.94. The number of Topliss-reactive ketones (excluding diaryl/α,β-unsaturated/α-hetero) is 1. The molecule has 1 saturated carbocycles. The van der Waals surface area contributed by atoms with E-state index in [2.05, 4.69) is 0 Å². The van der Waals surface area contributed by atoms with Gasteiger partial charge in [0.05, 0.1) is 13.7 Å². The Morgan fingerprint density at radius 3 is 2.88 bits per heavy atom. The summed E-state index contributed by atoms with van der Waals surface area (Å²) in [5.74, 6) is 1.38. The predicted molar refractivity (Wildman–Crippen MR) is 58.6 cm³/mol. The molecule has 1 fully saturated rings. The molecule has 0 saturated heterocycles. The highest BCUT2D eigenvalue weighted by atomic mass is 16.5. The third-order valence-corrected chi connectivity index (χ3v) is 3.30. The Labute approximate surface area is 94.4 Å². The number of hydrogen-bond donors (Lipinski definition) is 0. The zero-order valence-electron chi connectivity index (χ0n) is 9.23. The zero-order valence-corrected chi connectivity index (χ0v) is 9.23. The molecular formula is C13H14O3. The van der Waals surface area contributed by atoms with Gasteiger partial charge >= 0.3 is 0 Å². The van der Waals surface area contributed by atoms with Crippen LogP contribution >= 0.6 is 0 Å². The molecule has 1 aliphatic carbocycles. The Morgan fingerprint density at radius 1 is 1.38 bits per heavy atom. The van der Waals surface area contributed by atoms with Crippen LogP contribution in [0, 0.1) is 5.92 Å². The largest absolute Gasteiger partial charge is 0.497 e. The summed E-state index contributed by atoms with van der Waals surface area (Å²) >= 11 is 0. The number of hydrogen-bond acceptors (Lipinski definition) is 3. The molecule has 0 radical (unpaired) electrons. The van der Waals surface area contributed by atoms with E-state index in [1.54, 1.807) is 7.11 Å². The molecule has 1 aromatic rings. The van der Waals surface area contributed by atoms with E-state index in [0.29, 0.717) is 12.5 Å². The highest BCUT2D eigenvalue weighted by Crippen LogP contribution is 2.39. The maximum Gasteiger partial charge on any atom is 0.192 e. The third-order valence-electron chi connectivity index (χ3n) is 3.30. The van der Waals surface area contributed by atoms with Crippen molar-refractivity contribution in [1.29, 1.82) is 0 Å². The smallest absolute Gasteiger partial charge is 0.192 e. The minimum absolute atomic E-state index is 0.145. The summed E-state index contributed by atoms with van der Waals surface area (Å²) in [5, 5.41) is 0. The van der Waals surface area contributed by atoms with Gasteiger partial charge < -0.3 is 9.47 Å². The first kappa shape index (κ1) is 9.85. The van der Waals surface area contributed by atoms with Gasteiger partial charge in [-0.1, -0.05) is 0 Å². The average Bonchev–Trinajstić information content (AvgIpc) is 3.13. The lowest BCUT2D eigenvalue weighted by Crippen LogP contribution is -2.31. The van der Waals surface area contributed by atoms with Gasteiger partial charge in [-0.05, 0) is 42.5 Å². The Morgan fingerprint density at radius 2 is 2.19 bits per heavy atom. The van der Waals surface area contributed by atoms with E-state index in [9.17, 15) is 4.79 Å². The monoisotopic (exact) mass is 218 g/mol. The van der Waals surface area contributed by atoms with Crippen molar-refractivity contribution in [3.05, 3.63) is 29.3 Å². The molecule has 0 spiro atoms. The fraction of sp³-hybridized carbons (Fsp3) is 0.462. The molecule has 1 unspecified atom stereocenters. The van der Waals surface area contributed by atoms with Gasteiger partial charge in [0.1, 0.15) is 11.9 Å². The predicted octanol–water partition coefficient (Wildman–Crippen LogP) is 2.19. The van der Waals surface area contributed by atoms with E-state index in [4.69, 9.17) is 9.47 Å². The minimum Gasteiger partial charge on any atom is -0.497 e. The fourth-order valence-electron chi connectivity index (χ4n) is 2.21. The van der Waals surface area contributed by atoms with Crippen LogP contribution in [-0.4, -0.2) is 19.0 Å². The normalized spacial score (nSPS) is 24.1. The third kappa shape index (κ3) is 1.52. The number of carbonyl (C=O) groups excluding carboxylic acids is 1. The van der Waals surface area contributed by atoms with Crippen LogP contribution in [-0.2, 0) is 11.3 Å². The summed E-state index contributed by atoms with van der Waals surface area (Å²) in [7, 11) is 1.63. The molecule has 3 heteroatoms. The van der Waals surface area contributed by atoms with Crippen molar-refractivity contribution in [3.63, 3.8) is 0 Å². The molecule has 0 aromatic heterocycles. The summed E-state index contributed by atoms with van der Waals surface area (Å²) in [6.07, 6.45) is 2.06. The van der Waals surface area contributed by atoms with Crippen molar-refractivity contribution in [3.8, 4) is 5.75 Å². The number of fused-ring (bicyclic) bond motifs is 1. The lowest BCUT2D eigenvalue weighted by Gasteiger charge is -2.24. The second-order valence-electron chi connectivity index (χ2n) is 4.46. The van der Waals surface area contributed by atoms with E-state index in [1.165, 1.54) is 0 Å². The van der Waals surface area contributed by atoms with Crippen LogP contribution in [0.3, 0.4) is 0 Å². The maximum atomic E-state index is 12.1. The molecule has 1 atom stereocenters. The molecule has 0 N–H and O–H groups in total. The molecule has 16 heavy (non-hydrogen) atoms. The van der Waals surface area contributed by atoms with E-state index < -0.39 is 0 Å². The van der Waals surface area contributed by atoms with Crippen LogP contribution in [0.4, 0.5) is 0 Å². The van der Waals surface area contributed by atoms with Crippen LogP contribution < -0.4 is 4.74 Å². The van der Waals surface area contributed by atoms with Gasteiger partial charge in [-0.2, -0.15) is 0 Å². The van der Waals surface area contributed by atoms with Gasteiger partial charge in [0.15, 0.2) is 5.78 Å². The van der Waals surface area contributed by atoms with Crippen LogP contribution in [0.5, 0.6) is 5.75 Å². The SMILES string of the molecule is COc1ccc2c(c1)COC(C1CC1)C2=O. The molecule has 1 aliphatic heterocycles. The van der Waals surface area contributed by atoms with Crippen molar-refractivity contribution in [2.45, 2.75) is 25.6 Å². The molecule has 0 bridgehead atoms. The summed E-state index contributed by atoms with van der Waals surface area (Å²) in [6.45, 7) is 0.527. The van der Waals surface area contributed by atoms with Crippen molar-refractivity contribution in [2.24, 2.45) is 5.92 Å². The number of carbonyl (C=O) groups is 1. The highest BCUT2D eigenvalue weighted by Gasteiger charge is 2.40. The number of ketones is 1.